The third-order valence-corrected chi connectivity index (χ3v) is 8.35. The van der Waals surface area contributed by atoms with Crippen molar-refractivity contribution in [3.63, 3.8) is 0 Å². The average Bonchev–Trinajstić information content (AvgIpc) is 3.59. The molecule has 0 spiro atoms. The Labute approximate surface area is 220 Å². The van der Waals surface area contributed by atoms with Gasteiger partial charge in [0.15, 0.2) is 0 Å². The number of hydrogen-bond acceptors (Lipinski definition) is 11. The Balaban J connectivity index is 1.54. The molecule has 3 heterocycles. The van der Waals surface area contributed by atoms with Crippen LogP contribution in [0, 0.1) is 12.8 Å². The van der Waals surface area contributed by atoms with Crippen molar-refractivity contribution in [2.45, 2.75) is 76.7 Å². The number of nitrogens with one attached hydrogen (secondary N) is 2. The molecule has 10 nitrogen and oxygen atoms in total. The minimum absolute atomic E-state index is 0.0466. The summed E-state index contributed by atoms with van der Waals surface area (Å²) in [6.07, 6.45) is 3.36. The molecule has 2 saturated carbocycles. The van der Waals surface area contributed by atoms with Crippen molar-refractivity contribution in [1.82, 2.24) is 19.9 Å². The second kappa shape index (κ2) is 11.1. The third kappa shape index (κ3) is 5.42. The van der Waals surface area contributed by atoms with Crippen molar-refractivity contribution >= 4 is 33.3 Å². The van der Waals surface area contributed by atoms with Crippen LogP contribution >= 0.6 is 11.3 Å². The van der Waals surface area contributed by atoms with Crippen molar-refractivity contribution in [2.75, 3.05) is 30.5 Å². The van der Waals surface area contributed by atoms with Crippen LogP contribution in [-0.2, 0) is 4.74 Å². The van der Waals surface area contributed by atoms with Gasteiger partial charge in [-0.25, -0.2) is 9.97 Å². The van der Waals surface area contributed by atoms with E-state index in [1.165, 1.54) is 0 Å². The lowest BCUT2D eigenvalue weighted by atomic mass is 10.1. The molecule has 37 heavy (non-hydrogen) atoms. The predicted molar refractivity (Wildman–Crippen MR) is 144 cm³/mol. The Morgan fingerprint density at radius 2 is 1.97 bits per heavy atom. The summed E-state index contributed by atoms with van der Waals surface area (Å²) in [5, 5.41) is 38.3. The van der Waals surface area contributed by atoms with E-state index < -0.39 is 24.2 Å². The van der Waals surface area contributed by atoms with Gasteiger partial charge in [-0.05, 0) is 45.6 Å². The second-order valence-electron chi connectivity index (χ2n) is 10.0. The van der Waals surface area contributed by atoms with Crippen molar-refractivity contribution < 1.29 is 20.1 Å². The molecule has 0 aromatic carbocycles. The molecule has 5 atom stereocenters. The number of aliphatic hydroxyl groups is 3. The zero-order chi connectivity index (χ0) is 26.1. The highest BCUT2D eigenvalue weighted by atomic mass is 32.1. The van der Waals surface area contributed by atoms with Gasteiger partial charge in [-0.3, -0.25) is 4.98 Å². The van der Waals surface area contributed by atoms with Crippen LogP contribution < -0.4 is 10.6 Å². The lowest BCUT2D eigenvalue weighted by molar-refractivity contribution is 0.00446. The number of aliphatic hydroxyl groups excluding tert-OH is 3. The summed E-state index contributed by atoms with van der Waals surface area (Å²) in [6, 6.07) is 1.56. The van der Waals surface area contributed by atoms with Gasteiger partial charge in [-0.2, -0.15) is 4.98 Å². The van der Waals surface area contributed by atoms with E-state index in [-0.39, 0.29) is 12.6 Å². The van der Waals surface area contributed by atoms with E-state index in [2.05, 4.69) is 22.5 Å². The van der Waals surface area contributed by atoms with E-state index in [0.717, 1.165) is 51.4 Å². The molecule has 5 N–H and O–H groups in total. The first kappa shape index (κ1) is 26.2. The van der Waals surface area contributed by atoms with Crippen LogP contribution in [0.2, 0.25) is 0 Å². The average molecular weight is 529 g/mol. The lowest BCUT2D eigenvalue weighted by Crippen LogP contribution is -2.36. The molecule has 3 aromatic rings. The molecule has 0 aliphatic heterocycles. The van der Waals surface area contributed by atoms with Gasteiger partial charge in [0.2, 0.25) is 5.95 Å². The molecule has 1 unspecified atom stereocenters. The van der Waals surface area contributed by atoms with E-state index in [1.54, 1.807) is 11.3 Å². The fraction of sp³-hybridized carbons (Fsp3) is 0.615. The Morgan fingerprint density at radius 1 is 1.16 bits per heavy atom. The molecule has 200 valence electrons. The number of hydrogen-bond donors (Lipinski definition) is 5. The van der Waals surface area contributed by atoms with Crippen molar-refractivity contribution in [1.29, 1.82) is 0 Å². The monoisotopic (exact) mass is 528 g/mol. The third-order valence-electron chi connectivity index (χ3n) is 7.31. The van der Waals surface area contributed by atoms with Crippen LogP contribution in [-0.4, -0.2) is 79.4 Å². The summed E-state index contributed by atoms with van der Waals surface area (Å²) in [4.78, 5) is 19.2. The van der Waals surface area contributed by atoms with Gasteiger partial charge in [-0.1, -0.05) is 6.92 Å². The standard InChI is InChI=1S/C26H36N6O4S/c1-4-16(12-36-5-2)29-26-28-13(3)19(24(32-26)30-17-10-15(11-33)22(34)23(17)35)25-31-21-18(37-25)8-9-27-20(21)14-6-7-14/h8-9,14-17,22-23,33-35H,4-7,10-12H2,1-3H3,(H2,28,29,30,32)/t15-,16?,17-,22-,23+/m1/s1. The maximum atomic E-state index is 10.7. The zero-order valence-corrected chi connectivity index (χ0v) is 22.3. The summed E-state index contributed by atoms with van der Waals surface area (Å²) in [6.45, 7) is 6.96. The van der Waals surface area contributed by atoms with Gasteiger partial charge in [-0.15, -0.1) is 11.3 Å². The molecule has 5 rings (SSSR count). The highest BCUT2D eigenvalue weighted by Gasteiger charge is 2.41. The summed E-state index contributed by atoms with van der Waals surface area (Å²) in [7, 11) is 0. The van der Waals surface area contributed by atoms with Crippen LogP contribution in [0.25, 0.3) is 20.8 Å². The van der Waals surface area contributed by atoms with E-state index in [4.69, 9.17) is 19.7 Å². The Hall–Kier alpha value is -2.44. The summed E-state index contributed by atoms with van der Waals surface area (Å²) < 4.78 is 6.68. The minimum atomic E-state index is -1.03. The maximum Gasteiger partial charge on any atom is 0.225 e. The van der Waals surface area contributed by atoms with Gasteiger partial charge in [0.1, 0.15) is 22.4 Å². The molecule has 11 heteroatoms. The fourth-order valence-corrected chi connectivity index (χ4v) is 6.03. The highest BCUT2D eigenvalue weighted by molar-refractivity contribution is 7.21. The molecule has 0 amide bonds. The zero-order valence-electron chi connectivity index (χ0n) is 21.5. The Bertz CT molecular complexity index is 1240. The molecule has 0 radical (unpaired) electrons. The number of anilines is 2. The van der Waals surface area contributed by atoms with Crippen molar-refractivity contribution in [3.05, 3.63) is 23.7 Å². The Morgan fingerprint density at radius 3 is 2.65 bits per heavy atom. The highest BCUT2D eigenvalue weighted by Crippen LogP contribution is 2.44. The van der Waals surface area contributed by atoms with E-state index >= 15 is 0 Å². The molecule has 2 aliphatic rings. The number of nitrogens with zero attached hydrogens (tertiary/aromatic N) is 4. The van der Waals surface area contributed by atoms with Gasteiger partial charge in [0.05, 0.1) is 46.4 Å². The first-order valence-corrected chi connectivity index (χ1v) is 14.0. The summed E-state index contributed by atoms with van der Waals surface area (Å²) in [5.74, 6) is 1.07. The molecule has 2 aliphatic carbocycles. The number of rotatable bonds is 11. The molecule has 0 saturated heterocycles. The number of fused-ring (bicyclic) bond motifs is 1. The quantitative estimate of drug-likeness (QED) is 0.252. The molecular formula is C26H36N6O4S. The van der Waals surface area contributed by atoms with Gasteiger partial charge in [0, 0.05) is 31.2 Å². The lowest BCUT2D eigenvalue weighted by Gasteiger charge is -2.22. The van der Waals surface area contributed by atoms with Crippen LogP contribution in [0.3, 0.4) is 0 Å². The first-order chi connectivity index (χ1) is 17.9. The number of thiazole rings is 1. The van der Waals surface area contributed by atoms with E-state index in [0.29, 0.717) is 37.3 Å². The van der Waals surface area contributed by atoms with Crippen LogP contribution in [0.4, 0.5) is 11.8 Å². The maximum absolute atomic E-state index is 10.7. The summed E-state index contributed by atoms with van der Waals surface area (Å²) >= 11 is 1.57. The second-order valence-corrected chi connectivity index (χ2v) is 11.0. The van der Waals surface area contributed by atoms with E-state index in [1.807, 2.05) is 26.1 Å². The van der Waals surface area contributed by atoms with E-state index in [9.17, 15) is 15.3 Å². The van der Waals surface area contributed by atoms with Gasteiger partial charge in [0.25, 0.3) is 0 Å². The minimum Gasteiger partial charge on any atom is -0.396 e. The molecule has 0 bridgehead atoms. The predicted octanol–water partition coefficient (Wildman–Crippen LogP) is 3.08. The Kier molecular flexibility index (Phi) is 7.87. The van der Waals surface area contributed by atoms with Crippen molar-refractivity contribution in [2.24, 2.45) is 5.92 Å². The topological polar surface area (TPSA) is 146 Å². The van der Waals surface area contributed by atoms with Gasteiger partial charge >= 0.3 is 0 Å². The summed E-state index contributed by atoms with van der Waals surface area (Å²) in [5.41, 5.74) is 3.49. The van der Waals surface area contributed by atoms with Crippen LogP contribution in [0.1, 0.15) is 56.8 Å². The van der Waals surface area contributed by atoms with Gasteiger partial charge < -0.3 is 30.7 Å². The molecular weight excluding hydrogens is 492 g/mol. The number of ether oxygens (including phenoxy) is 1. The fourth-order valence-electron chi connectivity index (χ4n) is 4.96. The van der Waals surface area contributed by atoms with Crippen molar-refractivity contribution in [3.8, 4) is 10.6 Å². The number of aryl methyl sites for hydroxylation is 1. The van der Waals surface area contributed by atoms with Crippen LogP contribution in [0.5, 0.6) is 0 Å². The molecule has 3 aromatic heterocycles. The largest absolute Gasteiger partial charge is 0.396 e. The first-order valence-electron chi connectivity index (χ1n) is 13.2. The smallest absolute Gasteiger partial charge is 0.225 e. The SMILES string of the molecule is CCOCC(CC)Nc1nc(C)c(-c2nc3c(C4CC4)nccc3s2)c(N[C@@H]2C[C@H](CO)[C@@H](O)[C@H]2O)n1. The molecule has 2 fully saturated rings. The number of aromatic nitrogens is 4. The van der Waals surface area contributed by atoms with Crippen LogP contribution in [0.15, 0.2) is 12.3 Å². The normalized spacial score (nSPS) is 24.5. The number of pyridine rings is 1.